The zero-order chi connectivity index (χ0) is 14.7. The lowest BCUT2D eigenvalue weighted by Gasteiger charge is -2.16. The Morgan fingerprint density at radius 1 is 0.900 bits per heavy atom. The molecule has 0 heterocycles. The Morgan fingerprint density at radius 2 is 1.55 bits per heavy atom. The highest BCUT2D eigenvalue weighted by Gasteiger charge is 2.11. The van der Waals surface area contributed by atoms with Crippen molar-refractivity contribution in [2.24, 2.45) is 5.73 Å². The summed E-state index contributed by atoms with van der Waals surface area (Å²) in [6, 6.07) is 14.4. The van der Waals surface area contributed by atoms with Crippen molar-refractivity contribution in [1.82, 2.24) is 0 Å². The molecule has 0 saturated heterocycles. The fourth-order valence-electron chi connectivity index (χ4n) is 2.44. The Morgan fingerprint density at radius 3 is 2.15 bits per heavy atom. The van der Waals surface area contributed by atoms with Crippen molar-refractivity contribution in [2.75, 3.05) is 0 Å². The Hall–Kier alpha value is -1.80. The minimum Gasteiger partial charge on any atom is -0.491 e. The first kappa shape index (κ1) is 14.6. The van der Waals surface area contributed by atoms with Crippen LogP contribution in [0.4, 0.5) is 0 Å². The molecule has 0 saturated carbocycles. The molecule has 0 amide bonds. The van der Waals surface area contributed by atoms with Gasteiger partial charge in [0.1, 0.15) is 5.75 Å². The van der Waals surface area contributed by atoms with Gasteiger partial charge in [0, 0.05) is 0 Å². The van der Waals surface area contributed by atoms with Crippen LogP contribution in [0, 0.1) is 13.8 Å². The van der Waals surface area contributed by atoms with Crippen LogP contribution in [0.5, 0.6) is 5.75 Å². The first-order valence-electron chi connectivity index (χ1n) is 7.06. The highest BCUT2D eigenvalue weighted by atomic mass is 16.5. The van der Waals surface area contributed by atoms with Crippen LogP contribution in [0.3, 0.4) is 0 Å². The van der Waals surface area contributed by atoms with Crippen molar-refractivity contribution in [3.8, 4) is 5.75 Å². The molecule has 0 radical (unpaired) electrons. The van der Waals surface area contributed by atoms with Crippen LogP contribution >= 0.6 is 0 Å². The van der Waals surface area contributed by atoms with Crippen LogP contribution in [0.1, 0.15) is 42.1 Å². The summed E-state index contributed by atoms with van der Waals surface area (Å²) in [5, 5.41) is 0. The maximum atomic E-state index is 6.40. The van der Waals surface area contributed by atoms with E-state index >= 15 is 0 Å². The Bertz CT molecular complexity index is 569. The highest BCUT2D eigenvalue weighted by molar-refractivity contribution is 5.39. The van der Waals surface area contributed by atoms with E-state index in [1.807, 2.05) is 32.0 Å². The number of benzene rings is 2. The van der Waals surface area contributed by atoms with Crippen LogP contribution in [0.2, 0.25) is 0 Å². The van der Waals surface area contributed by atoms with Crippen molar-refractivity contribution >= 4 is 0 Å². The Kier molecular flexibility index (Phi) is 4.46. The molecule has 0 aromatic heterocycles. The summed E-state index contributed by atoms with van der Waals surface area (Å²) in [5.41, 5.74) is 11.1. The van der Waals surface area contributed by atoms with Gasteiger partial charge < -0.3 is 10.5 Å². The second kappa shape index (κ2) is 6.10. The van der Waals surface area contributed by atoms with Gasteiger partial charge >= 0.3 is 0 Å². The normalized spacial score (nSPS) is 12.5. The molecule has 20 heavy (non-hydrogen) atoms. The van der Waals surface area contributed by atoms with E-state index in [0.29, 0.717) is 0 Å². The molecule has 0 spiro atoms. The quantitative estimate of drug-likeness (QED) is 0.905. The molecule has 2 N–H and O–H groups in total. The molecule has 0 aliphatic carbocycles. The number of aryl methyl sites for hydroxylation is 2. The third kappa shape index (κ3) is 3.61. The van der Waals surface area contributed by atoms with Gasteiger partial charge in [0.15, 0.2) is 0 Å². The zero-order valence-electron chi connectivity index (χ0n) is 12.7. The third-order valence-corrected chi connectivity index (χ3v) is 3.19. The molecule has 2 heteroatoms. The fraction of sp³-hybridized carbons (Fsp3) is 0.333. The lowest BCUT2D eigenvalue weighted by molar-refractivity contribution is 0.242. The summed E-state index contributed by atoms with van der Waals surface area (Å²) >= 11 is 0. The van der Waals surface area contributed by atoms with Gasteiger partial charge in [-0.15, -0.1) is 0 Å². The van der Waals surface area contributed by atoms with E-state index in [2.05, 4.69) is 38.1 Å². The number of ether oxygens (including phenoxy) is 1. The van der Waals surface area contributed by atoms with Crippen LogP contribution < -0.4 is 10.5 Å². The maximum absolute atomic E-state index is 6.40. The molecule has 2 aromatic carbocycles. The van der Waals surface area contributed by atoms with Gasteiger partial charge in [0.25, 0.3) is 0 Å². The fourth-order valence-corrected chi connectivity index (χ4v) is 2.44. The van der Waals surface area contributed by atoms with Gasteiger partial charge in [-0.25, -0.2) is 0 Å². The SMILES string of the molecule is Cc1cc(C)cc(C(N)c2cccc(OC(C)C)c2)c1. The molecular weight excluding hydrogens is 246 g/mol. The van der Waals surface area contributed by atoms with Gasteiger partial charge in [0.2, 0.25) is 0 Å². The number of hydrogen-bond acceptors (Lipinski definition) is 2. The molecule has 1 atom stereocenters. The van der Waals surface area contributed by atoms with Crippen molar-refractivity contribution in [3.63, 3.8) is 0 Å². The second-order valence-corrected chi connectivity index (χ2v) is 5.64. The smallest absolute Gasteiger partial charge is 0.120 e. The first-order valence-corrected chi connectivity index (χ1v) is 7.06. The minimum atomic E-state index is -0.121. The molecule has 2 nitrogen and oxygen atoms in total. The van der Waals surface area contributed by atoms with Gasteiger partial charge in [-0.2, -0.15) is 0 Å². The van der Waals surface area contributed by atoms with Crippen molar-refractivity contribution in [1.29, 1.82) is 0 Å². The first-order chi connectivity index (χ1) is 9.45. The minimum absolute atomic E-state index is 0.121. The Labute approximate surface area is 121 Å². The molecule has 2 aromatic rings. The summed E-state index contributed by atoms with van der Waals surface area (Å²) < 4.78 is 5.73. The number of hydrogen-bond donors (Lipinski definition) is 1. The molecule has 0 fully saturated rings. The van der Waals surface area contributed by atoms with Crippen LogP contribution in [0.25, 0.3) is 0 Å². The van der Waals surface area contributed by atoms with E-state index in [0.717, 1.165) is 16.9 Å². The van der Waals surface area contributed by atoms with E-state index in [4.69, 9.17) is 10.5 Å². The summed E-state index contributed by atoms with van der Waals surface area (Å²) in [7, 11) is 0. The topological polar surface area (TPSA) is 35.2 Å². The van der Waals surface area contributed by atoms with Gasteiger partial charge in [-0.05, 0) is 51.0 Å². The molecule has 0 aliphatic rings. The number of nitrogens with two attached hydrogens (primary N) is 1. The average molecular weight is 269 g/mol. The van der Waals surface area contributed by atoms with Gasteiger partial charge in [-0.3, -0.25) is 0 Å². The largest absolute Gasteiger partial charge is 0.491 e. The van der Waals surface area contributed by atoms with E-state index in [1.54, 1.807) is 0 Å². The summed E-state index contributed by atoms with van der Waals surface area (Å²) in [6.45, 7) is 8.25. The highest BCUT2D eigenvalue weighted by Crippen LogP contribution is 2.25. The van der Waals surface area contributed by atoms with Crippen molar-refractivity contribution in [3.05, 3.63) is 64.7 Å². The predicted molar refractivity (Wildman–Crippen MR) is 84.2 cm³/mol. The van der Waals surface area contributed by atoms with E-state index in [9.17, 15) is 0 Å². The molecule has 106 valence electrons. The lowest BCUT2D eigenvalue weighted by atomic mass is 9.96. The van der Waals surface area contributed by atoms with E-state index in [-0.39, 0.29) is 12.1 Å². The average Bonchev–Trinajstić information content (AvgIpc) is 2.36. The van der Waals surface area contributed by atoms with Crippen molar-refractivity contribution in [2.45, 2.75) is 39.8 Å². The number of rotatable bonds is 4. The lowest BCUT2D eigenvalue weighted by Crippen LogP contribution is -2.13. The summed E-state index contributed by atoms with van der Waals surface area (Å²) in [5.74, 6) is 0.873. The third-order valence-electron chi connectivity index (χ3n) is 3.19. The monoisotopic (exact) mass is 269 g/mol. The predicted octanol–water partition coefficient (Wildman–Crippen LogP) is 4.14. The van der Waals surface area contributed by atoms with Crippen LogP contribution in [0.15, 0.2) is 42.5 Å². The Balaban J connectivity index is 2.30. The van der Waals surface area contributed by atoms with Crippen LogP contribution in [-0.4, -0.2) is 6.10 Å². The van der Waals surface area contributed by atoms with Crippen molar-refractivity contribution < 1.29 is 4.74 Å². The summed E-state index contributed by atoms with van der Waals surface area (Å²) in [6.07, 6.45) is 0.169. The van der Waals surface area contributed by atoms with Gasteiger partial charge in [0.05, 0.1) is 12.1 Å². The van der Waals surface area contributed by atoms with E-state index in [1.165, 1.54) is 11.1 Å². The summed E-state index contributed by atoms with van der Waals surface area (Å²) in [4.78, 5) is 0. The maximum Gasteiger partial charge on any atom is 0.120 e. The molecule has 1 unspecified atom stereocenters. The van der Waals surface area contributed by atoms with Crippen LogP contribution in [-0.2, 0) is 0 Å². The van der Waals surface area contributed by atoms with Gasteiger partial charge in [-0.1, -0.05) is 41.5 Å². The zero-order valence-corrected chi connectivity index (χ0v) is 12.7. The molecular formula is C18H23NO. The standard InChI is InChI=1S/C18H23NO/c1-12(2)20-17-7-5-6-15(11-17)18(19)16-9-13(3)8-14(4)10-16/h5-12,18H,19H2,1-4H3. The molecule has 0 bridgehead atoms. The van der Waals surface area contributed by atoms with E-state index < -0.39 is 0 Å². The second-order valence-electron chi connectivity index (χ2n) is 5.64. The molecule has 0 aliphatic heterocycles. The molecule has 2 rings (SSSR count).